The van der Waals surface area contributed by atoms with E-state index < -0.39 is 5.41 Å². The molecule has 1 aromatic carbocycles. The Morgan fingerprint density at radius 2 is 2.00 bits per heavy atom. The highest BCUT2D eigenvalue weighted by Gasteiger charge is 2.21. The van der Waals surface area contributed by atoms with Gasteiger partial charge < -0.3 is 20.3 Å². The van der Waals surface area contributed by atoms with Gasteiger partial charge in [-0.2, -0.15) is 0 Å². The summed E-state index contributed by atoms with van der Waals surface area (Å²) in [6, 6.07) is 7.80. The smallest absolute Gasteiger partial charge is 0.119 e. The first kappa shape index (κ1) is 14.0. The number of nitrogens with one attached hydrogen (secondary N) is 1. The van der Waals surface area contributed by atoms with E-state index in [2.05, 4.69) is 5.32 Å². The normalized spacial score (nSPS) is 11.5. The Morgan fingerprint density at radius 3 is 2.59 bits per heavy atom. The van der Waals surface area contributed by atoms with Gasteiger partial charge >= 0.3 is 0 Å². The maximum absolute atomic E-state index is 9.14. The average Bonchev–Trinajstić information content (AvgIpc) is 2.39. The van der Waals surface area contributed by atoms with Gasteiger partial charge in [-0.05, 0) is 17.7 Å². The fourth-order valence-corrected chi connectivity index (χ4v) is 1.45. The molecule has 0 aliphatic heterocycles. The Bertz CT molecular complexity index is 337. The third-order valence-corrected chi connectivity index (χ3v) is 2.78. The maximum Gasteiger partial charge on any atom is 0.119 e. The summed E-state index contributed by atoms with van der Waals surface area (Å²) in [6.45, 7) is 3.03. The summed E-state index contributed by atoms with van der Waals surface area (Å²) in [5.74, 6) is 0.830. The zero-order valence-corrected chi connectivity index (χ0v) is 10.4. The Balaban J connectivity index is 2.45. The molecule has 0 fully saturated rings. The number of ether oxygens (including phenoxy) is 1. The fourth-order valence-electron chi connectivity index (χ4n) is 1.45. The van der Waals surface area contributed by atoms with Gasteiger partial charge in [0.15, 0.2) is 0 Å². The number of benzene rings is 1. The summed E-state index contributed by atoms with van der Waals surface area (Å²) in [6.07, 6.45) is 0. The molecule has 0 spiro atoms. The van der Waals surface area contributed by atoms with Gasteiger partial charge in [-0.15, -0.1) is 0 Å². The quantitative estimate of drug-likeness (QED) is 0.658. The third kappa shape index (κ3) is 4.34. The van der Waals surface area contributed by atoms with Crippen LogP contribution >= 0.6 is 0 Å². The molecule has 4 nitrogen and oxygen atoms in total. The number of hydrogen-bond donors (Lipinski definition) is 3. The van der Waals surface area contributed by atoms with E-state index in [1.807, 2.05) is 31.2 Å². The Morgan fingerprint density at radius 1 is 1.29 bits per heavy atom. The lowest BCUT2D eigenvalue weighted by atomic mass is 9.93. The molecule has 0 heterocycles. The maximum atomic E-state index is 9.14. The van der Waals surface area contributed by atoms with Crippen molar-refractivity contribution in [3.8, 4) is 5.75 Å². The molecule has 0 aromatic heterocycles. The van der Waals surface area contributed by atoms with Crippen molar-refractivity contribution in [2.45, 2.75) is 13.5 Å². The van der Waals surface area contributed by atoms with Crippen molar-refractivity contribution >= 4 is 0 Å². The predicted molar refractivity (Wildman–Crippen MR) is 67.0 cm³/mol. The van der Waals surface area contributed by atoms with E-state index in [0.29, 0.717) is 13.1 Å². The van der Waals surface area contributed by atoms with Gasteiger partial charge in [0.25, 0.3) is 0 Å². The molecule has 3 N–H and O–H groups in total. The van der Waals surface area contributed by atoms with Gasteiger partial charge in [0.05, 0.1) is 20.3 Å². The van der Waals surface area contributed by atoms with Gasteiger partial charge in [0, 0.05) is 18.5 Å². The molecule has 0 aliphatic rings. The van der Waals surface area contributed by atoms with Crippen molar-refractivity contribution in [1.82, 2.24) is 5.32 Å². The molecule has 0 saturated heterocycles. The first-order chi connectivity index (χ1) is 8.13. The molecule has 1 aromatic rings. The number of hydrogen-bond acceptors (Lipinski definition) is 4. The second-order valence-electron chi connectivity index (χ2n) is 4.58. The van der Waals surface area contributed by atoms with E-state index in [0.717, 1.165) is 11.3 Å². The van der Waals surface area contributed by atoms with Gasteiger partial charge in [-0.3, -0.25) is 0 Å². The van der Waals surface area contributed by atoms with E-state index in [-0.39, 0.29) is 13.2 Å². The van der Waals surface area contributed by atoms with Crippen LogP contribution in [0, 0.1) is 5.41 Å². The lowest BCUT2D eigenvalue weighted by molar-refractivity contribution is 0.0695. The SMILES string of the molecule is COc1cccc(CNCC(C)(CO)CO)c1. The largest absolute Gasteiger partial charge is 0.497 e. The van der Waals surface area contributed by atoms with Crippen molar-refractivity contribution in [2.75, 3.05) is 26.9 Å². The number of rotatable bonds is 7. The van der Waals surface area contributed by atoms with Crippen LogP contribution in [0.2, 0.25) is 0 Å². The number of aliphatic hydroxyl groups is 2. The topological polar surface area (TPSA) is 61.7 Å². The van der Waals surface area contributed by atoms with Crippen molar-refractivity contribution in [3.05, 3.63) is 29.8 Å². The highest BCUT2D eigenvalue weighted by atomic mass is 16.5. The zero-order chi connectivity index (χ0) is 12.7. The van der Waals surface area contributed by atoms with E-state index in [9.17, 15) is 0 Å². The van der Waals surface area contributed by atoms with Gasteiger partial charge in [0.2, 0.25) is 0 Å². The van der Waals surface area contributed by atoms with E-state index in [1.165, 1.54) is 0 Å². The van der Waals surface area contributed by atoms with Crippen LogP contribution in [0.4, 0.5) is 0 Å². The molecule has 1 rings (SSSR count). The summed E-state index contributed by atoms with van der Waals surface area (Å²) in [5.41, 5.74) is 0.640. The van der Waals surface area contributed by atoms with Crippen molar-refractivity contribution in [1.29, 1.82) is 0 Å². The molecule has 0 aliphatic carbocycles. The molecule has 96 valence electrons. The van der Waals surface area contributed by atoms with E-state index in [1.54, 1.807) is 7.11 Å². The average molecular weight is 239 g/mol. The van der Waals surface area contributed by atoms with Crippen LogP contribution in [-0.2, 0) is 6.54 Å². The molecular formula is C13H21NO3. The van der Waals surface area contributed by atoms with Crippen LogP contribution in [0.15, 0.2) is 24.3 Å². The number of methoxy groups -OCH3 is 1. The minimum Gasteiger partial charge on any atom is -0.497 e. The molecule has 0 atom stereocenters. The molecule has 0 saturated carbocycles. The first-order valence-corrected chi connectivity index (χ1v) is 5.69. The summed E-state index contributed by atoms with van der Waals surface area (Å²) in [5, 5.41) is 21.5. The highest BCUT2D eigenvalue weighted by Crippen LogP contribution is 2.14. The minimum absolute atomic E-state index is 0.0331. The first-order valence-electron chi connectivity index (χ1n) is 5.69. The molecular weight excluding hydrogens is 218 g/mol. The predicted octanol–water partition coefficient (Wildman–Crippen LogP) is 0.776. The van der Waals surface area contributed by atoms with Crippen molar-refractivity contribution in [2.24, 2.45) is 5.41 Å². The van der Waals surface area contributed by atoms with Crippen molar-refractivity contribution in [3.63, 3.8) is 0 Å². The van der Waals surface area contributed by atoms with Crippen LogP contribution in [0.5, 0.6) is 5.75 Å². The van der Waals surface area contributed by atoms with Crippen LogP contribution in [0.1, 0.15) is 12.5 Å². The Hall–Kier alpha value is -1.10. The standard InChI is InChI=1S/C13H21NO3/c1-13(9-15,10-16)8-14-7-11-4-3-5-12(6-11)17-2/h3-6,14-16H,7-10H2,1-2H3. The van der Waals surface area contributed by atoms with Gasteiger partial charge in [0.1, 0.15) is 5.75 Å². The lowest BCUT2D eigenvalue weighted by Crippen LogP contribution is -2.37. The van der Waals surface area contributed by atoms with Crippen molar-refractivity contribution < 1.29 is 14.9 Å². The van der Waals surface area contributed by atoms with Crippen LogP contribution in [-0.4, -0.2) is 37.1 Å². The van der Waals surface area contributed by atoms with E-state index >= 15 is 0 Å². The monoisotopic (exact) mass is 239 g/mol. The Kier molecular flexibility index (Phi) is 5.41. The van der Waals surface area contributed by atoms with Crippen LogP contribution in [0.25, 0.3) is 0 Å². The summed E-state index contributed by atoms with van der Waals surface area (Å²) < 4.78 is 5.14. The number of aliphatic hydroxyl groups excluding tert-OH is 2. The van der Waals surface area contributed by atoms with E-state index in [4.69, 9.17) is 14.9 Å². The lowest BCUT2D eigenvalue weighted by Gasteiger charge is -2.24. The second-order valence-corrected chi connectivity index (χ2v) is 4.58. The zero-order valence-electron chi connectivity index (χ0n) is 10.4. The summed E-state index contributed by atoms with van der Waals surface area (Å²) in [7, 11) is 1.64. The molecule has 0 radical (unpaired) electrons. The summed E-state index contributed by atoms with van der Waals surface area (Å²) >= 11 is 0. The third-order valence-electron chi connectivity index (χ3n) is 2.78. The molecule has 0 amide bonds. The Labute approximate surface area is 102 Å². The molecule has 17 heavy (non-hydrogen) atoms. The molecule has 0 unspecified atom stereocenters. The fraction of sp³-hybridized carbons (Fsp3) is 0.538. The van der Waals surface area contributed by atoms with Gasteiger partial charge in [-0.25, -0.2) is 0 Å². The minimum atomic E-state index is -0.473. The van der Waals surface area contributed by atoms with Gasteiger partial charge in [-0.1, -0.05) is 19.1 Å². The van der Waals surface area contributed by atoms with Crippen LogP contribution < -0.4 is 10.1 Å². The second kappa shape index (κ2) is 6.59. The molecule has 0 bridgehead atoms. The van der Waals surface area contributed by atoms with Crippen LogP contribution in [0.3, 0.4) is 0 Å². The highest BCUT2D eigenvalue weighted by molar-refractivity contribution is 5.28. The molecule has 4 heteroatoms. The summed E-state index contributed by atoms with van der Waals surface area (Å²) in [4.78, 5) is 0.